The van der Waals surface area contributed by atoms with Crippen molar-refractivity contribution in [1.29, 1.82) is 0 Å². The maximum atomic E-state index is 11.6. The van der Waals surface area contributed by atoms with Crippen LogP contribution >= 0.6 is 39.5 Å². The van der Waals surface area contributed by atoms with Gasteiger partial charge in [0.15, 0.2) is 3.95 Å². The Balaban J connectivity index is 2.51. The molecule has 0 radical (unpaired) electrons. The summed E-state index contributed by atoms with van der Waals surface area (Å²) in [5.41, 5.74) is 0.969. The minimum absolute atomic E-state index is 0.338. The number of ether oxygens (including phenoxy) is 2. The van der Waals surface area contributed by atoms with E-state index in [2.05, 4.69) is 20.9 Å². The number of carbonyl (C=O) groups excluding carboxylic acids is 1. The molecule has 0 spiro atoms. The van der Waals surface area contributed by atoms with Gasteiger partial charge in [-0.05, 0) is 58.8 Å². The van der Waals surface area contributed by atoms with E-state index in [1.165, 1.54) is 17.4 Å². The van der Waals surface area contributed by atoms with Crippen LogP contribution in [0, 0.1) is 3.95 Å². The molecule has 0 aliphatic carbocycles. The summed E-state index contributed by atoms with van der Waals surface area (Å²) in [7, 11) is 1.62. The van der Waals surface area contributed by atoms with Crippen LogP contribution in [0.3, 0.4) is 0 Å². The highest BCUT2D eigenvalue weighted by Crippen LogP contribution is 2.25. The van der Waals surface area contributed by atoms with Crippen molar-refractivity contribution < 1.29 is 14.3 Å². The molecule has 0 aliphatic heterocycles. The van der Waals surface area contributed by atoms with Gasteiger partial charge in [0.25, 0.3) is 0 Å². The van der Waals surface area contributed by atoms with E-state index in [1.54, 1.807) is 14.0 Å². The molecule has 4 nitrogen and oxygen atoms in total. The summed E-state index contributed by atoms with van der Waals surface area (Å²) in [5.74, 6) is 0.370. The molecular formula is C15H14BrNO3S2. The van der Waals surface area contributed by atoms with Crippen LogP contribution < -0.4 is 14.6 Å². The van der Waals surface area contributed by atoms with Crippen LogP contribution in [0.4, 0.5) is 0 Å². The van der Waals surface area contributed by atoms with Crippen molar-refractivity contribution >= 4 is 57.6 Å². The van der Waals surface area contributed by atoms with E-state index in [0.29, 0.717) is 15.9 Å². The Labute approximate surface area is 145 Å². The average molecular weight is 400 g/mol. The predicted octanol–water partition coefficient (Wildman–Crippen LogP) is 2.75. The maximum absolute atomic E-state index is 11.6. The largest absolute Gasteiger partial charge is 0.496 e. The van der Waals surface area contributed by atoms with Gasteiger partial charge in [-0.15, -0.1) is 11.3 Å². The SMILES string of the molecule is CCOC(=O)/C=c1\[nH]c(=S)s\c1=C/c1ccc(OC)c(Br)c1. The number of carbonyl (C=O) groups is 1. The Kier molecular flexibility index (Phi) is 5.93. The van der Waals surface area contributed by atoms with Crippen molar-refractivity contribution in [2.45, 2.75) is 6.92 Å². The molecule has 0 amide bonds. The molecule has 0 saturated heterocycles. The fourth-order valence-corrected chi connectivity index (χ4v) is 3.51. The van der Waals surface area contributed by atoms with E-state index in [0.717, 1.165) is 20.3 Å². The van der Waals surface area contributed by atoms with E-state index >= 15 is 0 Å². The zero-order valence-corrected chi connectivity index (χ0v) is 15.2. The molecule has 0 atom stereocenters. The molecule has 1 aromatic carbocycles. The normalized spacial score (nSPS) is 12.5. The standard InChI is InChI=1S/C15H14BrNO3S2/c1-3-20-14(18)8-11-13(22-15(21)17-11)7-9-4-5-12(19-2)10(16)6-9/h4-8H,3H2,1-2H3,(H,17,21)/b11-8-,13-7-. The van der Waals surface area contributed by atoms with Crippen LogP contribution in [0.2, 0.25) is 0 Å². The van der Waals surface area contributed by atoms with Crippen molar-refractivity contribution in [2.75, 3.05) is 13.7 Å². The Morgan fingerprint density at radius 3 is 2.91 bits per heavy atom. The van der Waals surface area contributed by atoms with Crippen molar-refractivity contribution in [2.24, 2.45) is 0 Å². The number of H-pyrrole nitrogens is 1. The Bertz CT molecular complexity index is 854. The second-order valence-electron chi connectivity index (χ2n) is 4.23. The lowest BCUT2D eigenvalue weighted by molar-refractivity contribution is -0.135. The third-order valence-corrected chi connectivity index (χ3v) is 4.54. The van der Waals surface area contributed by atoms with Gasteiger partial charge in [0.2, 0.25) is 0 Å². The van der Waals surface area contributed by atoms with Crippen molar-refractivity contribution in [3.05, 3.63) is 42.1 Å². The molecule has 0 bridgehead atoms. The summed E-state index contributed by atoms with van der Waals surface area (Å²) < 4.78 is 12.5. The third kappa shape index (κ3) is 4.28. The average Bonchev–Trinajstić information content (AvgIpc) is 2.79. The lowest BCUT2D eigenvalue weighted by Gasteiger charge is -2.02. The monoisotopic (exact) mass is 399 g/mol. The summed E-state index contributed by atoms with van der Waals surface area (Å²) in [6.45, 7) is 2.11. The number of hydrogen-bond donors (Lipinski definition) is 1. The summed E-state index contributed by atoms with van der Waals surface area (Å²) >= 11 is 10.0. The van der Waals surface area contributed by atoms with Crippen LogP contribution in [0.5, 0.6) is 5.75 Å². The van der Waals surface area contributed by atoms with Crippen LogP contribution in [0.25, 0.3) is 12.2 Å². The van der Waals surface area contributed by atoms with Gasteiger partial charge in [0, 0.05) is 6.08 Å². The molecule has 2 aromatic rings. The first kappa shape index (κ1) is 16.9. The summed E-state index contributed by atoms with van der Waals surface area (Å²) in [5, 5.41) is 0.653. The predicted molar refractivity (Wildman–Crippen MR) is 94.1 cm³/mol. The fraction of sp³-hybridized carbons (Fsp3) is 0.200. The first-order valence-electron chi connectivity index (χ1n) is 6.46. The minimum atomic E-state index is -0.392. The molecule has 7 heteroatoms. The highest BCUT2D eigenvalue weighted by molar-refractivity contribution is 9.10. The molecule has 22 heavy (non-hydrogen) atoms. The van der Waals surface area contributed by atoms with Crippen LogP contribution in [0.1, 0.15) is 12.5 Å². The van der Waals surface area contributed by atoms with Gasteiger partial charge in [-0.25, -0.2) is 4.79 Å². The van der Waals surface area contributed by atoms with E-state index in [9.17, 15) is 4.79 Å². The molecule has 0 aliphatic rings. The number of esters is 1. The van der Waals surface area contributed by atoms with Crippen LogP contribution in [0.15, 0.2) is 22.7 Å². The van der Waals surface area contributed by atoms with E-state index in [-0.39, 0.29) is 0 Å². The molecule has 1 aromatic heterocycles. The van der Waals surface area contributed by atoms with E-state index < -0.39 is 5.97 Å². The van der Waals surface area contributed by atoms with Gasteiger partial charge in [-0.3, -0.25) is 0 Å². The Morgan fingerprint density at radius 2 is 2.27 bits per heavy atom. The highest BCUT2D eigenvalue weighted by Gasteiger charge is 2.01. The van der Waals surface area contributed by atoms with Crippen molar-refractivity contribution in [3.63, 3.8) is 0 Å². The lowest BCUT2D eigenvalue weighted by atomic mass is 10.2. The van der Waals surface area contributed by atoms with Gasteiger partial charge in [-0.2, -0.15) is 0 Å². The van der Waals surface area contributed by atoms with Crippen LogP contribution in [-0.2, 0) is 9.53 Å². The zero-order valence-electron chi connectivity index (χ0n) is 12.0. The summed E-state index contributed by atoms with van der Waals surface area (Å²) in [4.78, 5) is 14.6. The van der Waals surface area contributed by atoms with Crippen molar-refractivity contribution in [1.82, 2.24) is 4.98 Å². The van der Waals surface area contributed by atoms with Gasteiger partial charge in [0.1, 0.15) is 5.75 Å². The van der Waals surface area contributed by atoms with Gasteiger partial charge in [0.05, 0.1) is 28.1 Å². The summed E-state index contributed by atoms with van der Waals surface area (Å²) in [6.07, 6.45) is 3.37. The quantitative estimate of drug-likeness (QED) is 0.634. The number of thiazole rings is 1. The molecule has 116 valence electrons. The third-order valence-electron chi connectivity index (χ3n) is 2.73. The number of hydrogen-bond acceptors (Lipinski definition) is 5. The Morgan fingerprint density at radius 1 is 1.50 bits per heavy atom. The first-order chi connectivity index (χ1) is 10.5. The number of methoxy groups -OCH3 is 1. The molecule has 1 N–H and O–H groups in total. The van der Waals surface area contributed by atoms with E-state index in [1.807, 2.05) is 24.3 Å². The molecule has 1 heterocycles. The number of nitrogens with one attached hydrogen (secondary N) is 1. The second kappa shape index (κ2) is 7.71. The van der Waals surface area contributed by atoms with Gasteiger partial charge >= 0.3 is 5.97 Å². The number of halogens is 1. The number of aromatic amines is 1. The lowest BCUT2D eigenvalue weighted by Crippen LogP contribution is -2.23. The Hall–Kier alpha value is -1.44. The number of rotatable bonds is 4. The smallest absolute Gasteiger partial charge is 0.332 e. The molecule has 2 rings (SSSR count). The highest BCUT2D eigenvalue weighted by atomic mass is 79.9. The minimum Gasteiger partial charge on any atom is -0.496 e. The molecule has 0 unspecified atom stereocenters. The topological polar surface area (TPSA) is 51.3 Å². The number of aromatic nitrogens is 1. The van der Waals surface area contributed by atoms with Crippen LogP contribution in [-0.4, -0.2) is 24.7 Å². The number of benzene rings is 1. The zero-order chi connectivity index (χ0) is 16.1. The summed E-state index contributed by atoms with van der Waals surface area (Å²) in [6, 6.07) is 5.74. The maximum Gasteiger partial charge on any atom is 0.332 e. The first-order valence-corrected chi connectivity index (χ1v) is 8.48. The molecular weight excluding hydrogens is 386 g/mol. The van der Waals surface area contributed by atoms with E-state index in [4.69, 9.17) is 21.7 Å². The molecule has 0 saturated carbocycles. The van der Waals surface area contributed by atoms with Gasteiger partial charge < -0.3 is 14.5 Å². The fourth-order valence-electron chi connectivity index (χ4n) is 1.79. The van der Waals surface area contributed by atoms with Gasteiger partial charge in [-0.1, -0.05) is 6.07 Å². The van der Waals surface area contributed by atoms with Crippen molar-refractivity contribution in [3.8, 4) is 5.75 Å². The second-order valence-corrected chi connectivity index (χ2v) is 6.80. The molecule has 0 fully saturated rings.